The second kappa shape index (κ2) is 5.96. The topological polar surface area (TPSA) is 34.4 Å². The first-order valence-electron chi connectivity index (χ1n) is 6.88. The molecule has 112 valence electrons. The number of rotatable bonds is 1. The van der Waals surface area contributed by atoms with Crippen molar-refractivity contribution in [3.63, 3.8) is 0 Å². The maximum Gasteiger partial charge on any atom is 0.280 e. The molecule has 0 unspecified atom stereocenters. The zero-order valence-electron chi connectivity index (χ0n) is 12.6. The van der Waals surface area contributed by atoms with Crippen molar-refractivity contribution in [3.05, 3.63) is 61.5 Å². The van der Waals surface area contributed by atoms with Crippen molar-refractivity contribution in [2.24, 2.45) is 12.0 Å². The smallest absolute Gasteiger partial charge is 0.280 e. The van der Waals surface area contributed by atoms with Gasteiger partial charge in [0.25, 0.3) is 5.91 Å². The number of aryl methyl sites for hydroxylation is 3. The SMILES string of the molecule is Cc1cc(C)c2sc(=NC(=O)c3ccccc3I)n(C)c2c1. The van der Waals surface area contributed by atoms with E-state index in [0.29, 0.717) is 5.56 Å². The highest BCUT2D eigenvalue weighted by Crippen LogP contribution is 2.22. The summed E-state index contributed by atoms with van der Waals surface area (Å²) < 4.78 is 4.10. The highest BCUT2D eigenvalue weighted by Gasteiger charge is 2.11. The van der Waals surface area contributed by atoms with Crippen LogP contribution in [0, 0.1) is 17.4 Å². The molecule has 1 heterocycles. The largest absolute Gasteiger partial charge is 0.319 e. The first kappa shape index (κ1) is 15.4. The number of carbonyl (C=O) groups excluding carboxylic acids is 1. The minimum absolute atomic E-state index is 0.193. The van der Waals surface area contributed by atoms with Gasteiger partial charge in [-0.1, -0.05) is 29.5 Å². The molecule has 0 bridgehead atoms. The summed E-state index contributed by atoms with van der Waals surface area (Å²) in [7, 11) is 1.96. The van der Waals surface area contributed by atoms with Gasteiger partial charge in [0.05, 0.1) is 15.8 Å². The quantitative estimate of drug-likeness (QED) is 0.542. The van der Waals surface area contributed by atoms with Crippen molar-refractivity contribution in [1.82, 2.24) is 4.57 Å². The zero-order chi connectivity index (χ0) is 15.9. The van der Waals surface area contributed by atoms with Gasteiger partial charge < -0.3 is 4.57 Å². The summed E-state index contributed by atoms with van der Waals surface area (Å²) in [5, 5.41) is 0. The van der Waals surface area contributed by atoms with E-state index in [1.807, 2.05) is 35.9 Å². The minimum atomic E-state index is -0.193. The van der Waals surface area contributed by atoms with Gasteiger partial charge in [-0.05, 0) is 65.8 Å². The molecule has 0 radical (unpaired) electrons. The van der Waals surface area contributed by atoms with Crippen LogP contribution in [0.2, 0.25) is 0 Å². The van der Waals surface area contributed by atoms with Crippen molar-refractivity contribution in [2.75, 3.05) is 0 Å². The standard InChI is InChI=1S/C17H15IN2OS/c1-10-8-11(2)15-14(9-10)20(3)17(22-15)19-16(21)12-6-4-5-7-13(12)18/h4-9H,1-3H3. The van der Waals surface area contributed by atoms with Crippen LogP contribution in [0.25, 0.3) is 10.2 Å². The molecule has 0 saturated heterocycles. The summed E-state index contributed by atoms with van der Waals surface area (Å²) in [6.07, 6.45) is 0. The van der Waals surface area contributed by atoms with Gasteiger partial charge in [-0.15, -0.1) is 0 Å². The Morgan fingerprint density at radius 1 is 1.23 bits per heavy atom. The Balaban J connectivity index is 2.18. The van der Waals surface area contributed by atoms with Gasteiger partial charge >= 0.3 is 0 Å². The normalized spacial score (nSPS) is 12.1. The summed E-state index contributed by atoms with van der Waals surface area (Å²) in [6.45, 7) is 4.18. The number of hydrogen-bond acceptors (Lipinski definition) is 2. The first-order chi connectivity index (χ1) is 10.5. The molecule has 22 heavy (non-hydrogen) atoms. The Bertz CT molecular complexity index is 953. The van der Waals surface area contributed by atoms with Crippen molar-refractivity contribution in [3.8, 4) is 0 Å². The van der Waals surface area contributed by atoms with E-state index in [2.05, 4.69) is 53.6 Å². The molecule has 0 aliphatic carbocycles. The van der Waals surface area contributed by atoms with E-state index >= 15 is 0 Å². The number of nitrogens with zero attached hydrogens (tertiary/aromatic N) is 2. The van der Waals surface area contributed by atoms with Gasteiger partial charge in [0, 0.05) is 10.6 Å². The average molecular weight is 422 g/mol. The second-order valence-corrected chi connectivity index (χ2v) is 7.41. The van der Waals surface area contributed by atoms with E-state index in [-0.39, 0.29) is 5.91 Å². The molecule has 0 saturated carbocycles. The molecular weight excluding hydrogens is 407 g/mol. The molecule has 0 fully saturated rings. The molecular formula is C17H15IN2OS. The highest BCUT2D eigenvalue weighted by molar-refractivity contribution is 14.1. The van der Waals surface area contributed by atoms with Crippen LogP contribution in [0.3, 0.4) is 0 Å². The van der Waals surface area contributed by atoms with Gasteiger partial charge in [-0.2, -0.15) is 4.99 Å². The number of benzene rings is 2. The molecule has 0 atom stereocenters. The lowest BCUT2D eigenvalue weighted by Crippen LogP contribution is -2.13. The van der Waals surface area contributed by atoms with Crippen LogP contribution in [-0.4, -0.2) is 10.5 Å². The lowest BCUT2D eigenvalue weighted by Gasteiger charge is -2.00. The van der Waals surface area contributed by atoms with Gasteiger partial charge in [0.2, 0.25) is 0 Å². The van der Waals surface area contributed by atoms with Crippen molar-refractivity contribution in [1.29, 1.82) is 0 Å². The monoisotopic (exact) mass is 422 g/mol. The Hall–Kier alpha value is -1.47. The molecule has 3 nitrogen and oxygen atoms in total. The summed E-state index contributed by atoms with van der Waals surface area (Å²) in [6, 6.07) is 11.8. The van der Waals surface area contributed by atoms with E-state index in [1.54, 1.807) is 11.3 Å². The Morgan fingerprint density at radius 3 is 2.68 bits per heavy atom. The van der Waals surface area contributed by atoms with Crippen LogP contribution < -0.4 is 4.80 Å². The summed E-state index contributed by atoms with van der Waals surface area (Å²) in [5.41, 5.74) is 4.21. The van der Waals surface area contributed by atoms with E-state index in [4.69, 9.17) is 0 Å². The highest BCUT2D eigenvalue weighted by atomic mass is 127. The van der Waals surface area contributed by atoms with Crippen molar-refractivity contribution < 1.29 is 4.79 Å². The number of hydrogen-bond donors (Lipinski definition) is 0. The molecule has 5 heteroatoms. The summed E-state index contributed by atoms with van der Waals surface area (Å²) in [5.74, 6) is -0.193. The average Bonchev–Trinajstić information content (AvgIpc) is 2.77. The van der Waals surface area contributed by atoms with Crippen LogP contribution in [-0.2, 0) is 7.05 Å². The molecule has 2 aromatic carbocycles. The Kier molecular flexibility index (Phi) is 4.18. The van der Waals surface area contributed by atoms with Crippen molar-refractivity contribution >= 4 is 50.1 Å². The Labute approximate surface area is 146 Å². The van der Waals surface area contributed by atoms with Crippen molar-refractivity contribution in [2.45, 2.75) is 13.8 Å². The summed E-state index contributed by atoms with van der Waals surface area (Å²) in [4.78, 5) is 17.5. The molecule has 0 spiro atoms. The van der Waals surface area contributed by atoms with Crippen LogP contribution in [0.1, 0.15) is 21.5 Å². The number of thiazole rings is 1. The van der Waals surface area contributed by atoms with E-state index in [1.165, 1.54) is 15.8 Å². The predicted molar refractivity (Wildman–Crippen MR) is 99.3 cm³/mol. The van der Waals surface area contributed by atoms with Crippen LogP contribution in [0.5, 0.6) is 0 Å². The second-order valence-electron chi connectivity index (χ2n) is 5.27. The van der Waals surface area contributed by atoms with Crippen LogP contribution in [0.15, 0.2) is 41.4 Å². The molecule has 0 N–H and O–H groups in total. The predicted octanol–water partition coefficient (Wildman–Crippen LogP) is 4.20. The van der Waals surface area contributed by atoms with Gasteiger partial charge in [-0.25, -0.2) is 0 Å². The van der Waals surface area contributed by atoms with Gasteiger partial charge in [0.15, 0.2) is 4.80 Å². The third-order valence-corrected chi connectivity index (χ3v) is 5.77. The molecule has 0 aliphatic heterocycles. The number of carbonyl (C=O) groups is 1. The molecule has 3 aromatic rings. The van der Waals surface area contributed by atoms with E-state index < -0.39 is 0 Å². The van der Waals surface area contributed by atoms with Crippen LogP contribution >= 0.6 is 33.9 Å². The third-order valence-electron chi connectivity index (χ3n) is 3.54. The number of fused-ring (bicyclic) bond motifs is 1. The molecule has 1 aromatic heterocycles. The fourth-order valence-corrected chi connectivity index (χ4v) is 4.14. The maximum absolute atomic E-state index is 12.4. The minimum Gasteiger partial charge on any atom is -0.319 e. The third kappa shape index (κ3) is 2.75. The summed E-state index contributed by atoms with van der Waals surface area (Å²) >= 11 is 3.73. The van der Waals surface area contributed by atoms with E-state index in [9.17, 15) is 4.79 Å². The Morgan fingerprint density at radius 2 is 1.95 bits per heavy atom. The first-order valence-corrected chi connectivity index (χ1v) is 8.77. The lowest BCUT2D eigenvalue weighted by atomic mass is 10.1. The maximum atomic E-state index is 12.4. The number of aromatic nitrogens is 1. The number of halogens is 1. The lowest BCUT2D eigenvalue weighted by molar-refractivity contribution is 0.0997. The molecule has 3 rings (SSSR count). The molecule has 0 aliphatic rings. The fraction of sp³-hybridized carbons (Fsp3) is 0.176. The van der Waals surface area contributed by atoms with Gasteiger partial charge in [0.1, 0.15) is 0 Å². The van der Waals surface area contributed by atoms with Gasteiger partial charge in [-0.3, -0.25) is 4.79 Å². The zero-order valence-corrected chi connectivity index (χ0v) is 15.5. The fourth-order valence-electron chi connectivity index (χ4n) is 2.46. The van der Waals surface area contributed by atoms with Crippen LogP contribution in [0.4, 0.5) is 0 Å². The van der Waals surface area contributed by atoms with E-state index in [0.717, 1.165) is 13.9 Å². The molecule has 1 amide bonds. The number of amides is 1.